The summed E-state index contributed by atoms with van der Waals surface area (Å²) in [5, 5.41) is 8.73. The van der Waals surface area contributed by atoms with Crippen LogP contribution in [0.5, 0.6) is 11.5 Å². The van der Waals surface area contributed by atoms with Gasteiger partial charge in [0.15, 0.2) is 11.5 Å². The minimum absolute atomic E-state index is 0.221. The van der Waals surface area contributed by atoms with E-state index in [0.29, 0.717) is 38.8 Å². The Hall–Kier alpha value is -4.01. The summed E-state index contributed by atoms with van der Waals surface area (Å²) in [7, 11) is 1.56. The molecule has 3 aromatic carbocycles. The number of esters is 1. The second-order valence-electron chi connectivity index (χ2n) is 8.37. The zero-order chi connectivity index (χ0) is 26.6. The van der Waals surface area contributed by atoms with Crippen LogP contribution in [0.4, 0.5) is 5.95 Å². The molecule has 0 unspecified atom stereocenters. The van der Waals surface area contributed by atoms with Crippen LogP contribution < -0.4 is 14.8 Å². The molecule has 0 amide bonds. The molecule has 0 fully saturated rings. The number of carbonyl (C=O) groups is 1. The van der Waals surface area contributed by atoms with E-state index in [1.807, 2.05) is 48.5 Å². The highest BCUT2D eigenvalue weighted by molar-refractivity contribution is 6.35. The number of halogens is 2. The fraction of sp³-hybridized carbons (Fsp3) is 0.179. The van der Waals surface area contributed by atoms with Gasteiger partial charge in [0.05, 0.1) is 25.0 Å². The Balaban J connectivity index is 1.56. The molecule has 0 spiro atoms. The number of methoxy groups -OCH3 is 1. The van der Waals surface area contributed by atoms with Gasteiger partial charge in [-0.2, -0.15) is 10.1 Å². The Bertz CT molecular complexity index is 1500. The predicted molar refractivity (Wildman–Crippen MR) is 146 cm³/mol. The van der Waals surface area contributed by atoms with Crippen molar-refractivity contribution in [1.82, 2.24) is 14.8 Å². The van der Waals surface area contributed by atoms with Gasteiger partial charge in [0.2, 0.25) is 5.95 Å². The minimum atomic E-state index is -0.628. The van der Waals surface area contributed by atoms with Crippen LogP contribution in [0.25, 0.3) is 5.70 Å². The number of fused-ring (bicyclic) bond motifs is 1. The highest BCUT2D eigenvalue weighted by Gasteiger charge is 2.36. The lowest BCUT2D eigenvalue weighted by atomic mass is 9.92. The minimum Gasteiger partial charge on any atom is -0.493 e. The second kappa shape index (κ2) is 11.2. The summed E-state index contributed by atoms with van der Waals surface area (Å²) in [6.07, 6.45) is 1.44. The van der Waals surface area contributed by atoms with Crippen molar-refractivity contribution in [3.05, 3.63) is 105 Å². The largest absolute Gasteiger partial charge is 0.493 e. The number of carbonyl (C=O) groups excluding carboxylic acids is 1. The number of anilines is 1. The van der Waals surface area contributed by atoms with Crippen molar-refractivity contribution in [1.29, 1.82) is 0 Å². The Kier molecular flexibility index (Phi) is 7.53. The number of hydrogen-bond acceptors (Lipinski definition) is 7. The first-order valence-electron chi connectivity index (χ1n) is 11.9. The molecule has 1 aliphatic rings. The van der Waals surface area contributed by atoms with Gasteiger partial charge in [-0.3, -0.25) is 0 Å². The van der Waals surface area contributed by atoms with E-state index in [1.165, 1.54) is 6.33 Å². The van der Waals surface area contributed by atoms with Crippen molar-refractivity contribution in [3.8, 4) is 11.5 Å². The zero-order valence-electron chi connectivity index (χ0n) is 20.7. The molecule has 1 atom stereocenters. The molecule has 0 bridgehead atoms. The SMILES string of the molecule is CCOC(=O)C1=C(c2ccccc2)Nc2ncnn2[C@H]1c1ccc(OCc2ccc(Cl)cc2Cl)c(OC)c1. The quantitative estimate of drug-likeness (QED) is 0.263. The van der Waals surface area contributed by atoms with Crippen LogP contribution in [0.2, 0.25) is 10.0 Å². The fourth-order valence-corrected chi connectivity index (χ4v) is 4.76. The maximum absolute atomic E-state index is 13.4. The third kappa shape index (κ3) is 5.05. The summed E-state index contributed by atoms with van der Waals surface area (Å²) in [6.45, 7) is 2.22. The van der Waals surface area contributed by atoms with Crippen LogP contribution in [0.1, 0.15) is 29.7 Å². The smallest absolute Gasteiger partial charge is 0.338 e. The highest BCUT2D eigenvalue weighted by atomic mass is 35.5. The molecule has 4 aromatic rings. The molecule has 0 saturated carbocycles. The van der Waals surface area contributed by atoms with Crippen molar-refractivity contribution in [2.24, 2.45) is 0 Å². The zero-order valence-corrected chi connectivity index (χ0v) is 22.2. The number of hydrogen-bond donors (Lipinski definition) is 1. The molecule has 1 N–H and O–H groups in total. The summed E-state index contributed by atoms with van der Waals surface area (Å²) < 4.78 is 18.8. The molecule has 2 heterocycles. The monoisotopic (exact) mass is 550 g/mol. The van der Waals surface area contributed by atoms with Gasteiger partial charge in [0, 0.05) is 15.6 Å². The third-order valence-corrected chi connectivity index (χ3v) is 6.64. The molecule has 1 aromatic heterocycles. The van der Waals surface area contributed by atoms with Crippen molar-refractivity contribution < 1.29 is 19.0 Å². The van der Waals surface area contributed by atoms with Crippen molar-refractivity contribution in [3.63, 3.8) is 0 Å². The summed E-state index contributed by atoms with van der Waals surface area (Å²) in [5.74, 6) is 1.04. The third-order valence-electron chi connectivity index (χ3n) is 6.06. The van der Waals surface area contributed by atoms with Crippen LogP contribution in [0.3, 0.4) is 0 Å². The number of nitrogens with one attached hydrogen (secondary N) is 1. The number of nitrogens with zero attached hydrogens (tertiary/aromatic N) is 3. The molecule has 0 saturated heterocycles. The summed E-state index contributed by atoms with van der Waals surface area (Å²) >= 11 is 12.3. The summed E-state index contributed by atoms with van der Waals surface area (Å²) in [6, 6.07) is 19.7. The van der Waals surface area contributed by atoms with E-state index in [1.54, 1.807) is 36.9 Å². The van der Waals surface area contributed by atoms with E-state index in [0.717, 1.165) is 16.7 Å². The Morgan fingerprint density at radius 1 is 1.05 bits per heavy atom. The van der Waals surface area contributed by atoms with Gasteiger partial charge in [0.1, 0.15) is 19.0 Å². The van der Waals surface area contributed by atoms with Gasteiger partial charge < -0.3 is 19.5 Å². The van der Waals surface area contributed by atoms with Crippen LogP contribution in [-0.2, 0) is 16.1 Å². The lowest BCUT2D eigenvalue weighted by molar-refractivity contribution is -0.138. The van der Waals surface area contributed by atoms with Crippen molar-refractivity contribution in [2.45, 2.75) is 19.6 Å². The Morgan fingerprint density at radius 3 is 2.61 bits per heavy atom. The van der Waals surface area contributed by atoms with Crippen molar-refractivity contribution in [2.75, 3.05) is 19.0 Å². The van der Waals surface area contributed by atoms with Gasteiger partial charge >= 0.3 is 5.97 Å². The molecular weight excluding hydrogens is 527 g/mol. The van der Waals surface area contributed by atoms with Gasteiger partial charge in [-0.1, -0.05) is 65.7 Å². The standard InChI is InChI=1S/C28H24Cl2N4O4/c1-3-37-27(35)24-25(17-7-5-4-6-8-17)33-28-31-16-32-34(28)26(24)18-10-12-22(23(13-18)36-2)38-15-19-9-11-20(29)14-21(19)30/h4-14,16,26H,3,15H2,1-2H3,(H,31,32,33)/t26-/m0/s1. The first-order valence-corrected chi connectivity index (χ1v) is 12.6. The van der Waals surface area contributed by atoms with Crippen LogP contribution in [0, 0.1) is 0 Å². The van der Waals surface area contributed by atoms with E-state index in [4.69, 9.17) is 37.4 Å². The first-order chi connectivity index (χ1) is 18.5. The van der Waals surface area contributed by atoms with Gasteiger partial charge in [-0.15, -0.1) is 0 Å². The van der Waals surface area contributed by atoms with E-state index in [-0.39, 0.29) is 13.2 Å². The predicted octanol–water partition coefficient (Wildman–Crippen LogP) is 6.16. The van der Waals surface area contributed by atoms with Crippen LogP contribution in [-0.4, -0.2) is 34.5 Å². The number of ether oxygens (including phenoxy) is 3. The maximum Gasteiger partial charge on any atom is 0.338 e. The number of benzene rings is 3. The van der Waals surface area contributed by atoms with Gasteiger partial charge in [-0.05, 0) is 42.3 Å². The lowest BCUT2D eigenvalue weighted by Gasteiger charge is -2.30. The number of rotatable bonds is 8. The second-order valence-corrected chi connectivity index (χ2v) is 9.21. The van der Waals surface area contributed by atoms with Gasteiger partial charge in [0.25, 0.3) is 0 Å². The summed E-state index contributed by atoms with van der Waals surface area (Å²) in [5.41, 5.74) is 3.35. The molecule has 0 radical (unpaired) electrons. The molecular formula is C28H24Cl2N4O4. The normalized spacial score (nSPS) is 14.5. The molecule has 10 heteroatoms. The first kappa shape index (κ1) is 25.6. The molecule has 38 heavy (non-hydrogen) atoms. The highest BCUT2D eigenvalue weighted by Crippen LogP contribution is 2.41. The van der Waals surface area contributed by atoms with Crippen molar-refractivity contribution >= 4 is 40.8 Å². The number of aromatic nitrogens is 3. The molecule has 8 nitrogen and oxygen atoms in total. The Labute approximate surface area is 229 Å². The maximum atomic E-state index is 13.4. The Morgan fingerprint density at radius 2 is 1.87 bits per heavy atom. The average Bonchev–Trinajstić information content (AvgIpc) is 3.40. The van der Waals surface area contributed by atoms with E-state index in [9.17, 15) is 4.79 Å². The van der Waals surface area contributed by atoms with Crippen LogP contribution in [0.15, 0.2) is 78.6 Å². The molecule has 194 valence electrons. The summed E-state index contributed by atoms with van der Waals surface area (Å²) in [4.78, 5) is 17.7. The van der Waals surface area contributed by atoms with E-state index in [2.05, 4.69) is 15.4 Å². The topological polar surface area (TPSA) is 87.5 Å². The molecule has 0 aliphatic carbocycles. The average molecular weight is 551 g/mol. The molecule has 1 aliphatic heterocycles. The lowest BCUT2D eigenvalue weighted by Crippen LogP contribution is -2.30. The van der Waals surface area contributed by atoms with E-state index >= 15 is 0 Å². The van der Waals surface area contributed by atoms with Crippen LogP contribution >= 0.6 is 23.2 Å². The van der Waals surface area contributed by atoms with E-state index < -0.39 is 12.0 Å². The molecule has 5 rings (SSSR count). The fourth-order valence-electron chi connectivity index (χ4n) is 4.30. The van der Waals surface area contributed by atoms with Gasteiger partial charge in [-0.25, -0.2) is 9.48 Å².